The highest BCUT2D eigenvalue weighted by molar-refractivity contribution is 7.26. The molecular formula is C43H25NS2. The molecule has 0 fully saturated rings. The minimum atomic E-state index is 0.678. The van der Waals surface area contributed by atoms with Gasteiger partial charge in [0.15, 0.2) is 0 Å². The van der Waals surface area contributed by atoms with Crippen molar-refractivity contribution >= 4 is 63.0 Å². The smallest absolute Gasteiger partial charge is 0.0998 e. The van der Waals surface area contributed by atoms with Gasteiger partial charge in [-0.25, -0.2) is 0 Å². The van der Waals surface area contributed by atoms with E-state index >= 15 is 0 Å². The lowest BCUT2D eigenvalue weighted by Gasteiger charge is -2.18. The fourth-order valence-corrected chi connectivity index (χ4v) is 8.98. The van der Waals surface area contributed by atoms with Gasteiger partial charge in [-0.1, -0.05) is 103 Å². The molecule has 214 valence electrons. The van der Waals surface area contributed by atoms with Crippen LogP contribution in [0.2, 0.25) is 0 Å². The zero-order valence-electron chi connectivity index (χ0n) is 24.7. The molecule has 0 spiro atoms. The maximum absolute atomic E-state index is 9.89. The van der Waals surface area contributed by atoms with E-state index in [0.717, 1.165) is 16.7 Å². The van der Waals surface area contributed by atoms with E-state index in [4.69, 9.17) is 0 Å². The van der Waals surface area contributed by atoms with Crippen molar-refractivity contribution in [2.24, 2.45) is 0 Å². The van der Waals surface area contributed by atoms with Crippen molar-refractivity contribution in [2.75, 3.05) is 0 Å². The number of fused-ring (bicyclic) bond motifs is 6. The van der Waals surface area contributed by atoms with Gasteiger partial charge in [-0.15, -0.1) is 22.7 Å². The van der Waals surface area contributed by atoms with Crippen molar-refractivity contribution in [3.63, 3.8) is 0 Å². The molecule has 0 aliphatic carbocycles. The highest BCUT2D eigenvalue weighted by Gasteiger charge is 2.18. The van der Waals surface area contributed by atoms with Gasteiger partial charge in [0.1, 0.15) is 0 Å². The van der Waals surface area contributed by atoms with Crippen molar-refractivity contribution in [1.29, 1.82) is 5.26 Å². The summed E-state index contributed by atoms with van der Waals surface area (Å²) in [6, 6.07) is 56.8. The van der Waals surface area contributed by atoms with Crippen molar-refractivity contribution in [3.05, 3.63) is 157 Å². The van der Waals surface area contributed by atoms with Crippen LogP contribution in [-0.2, 0) is 0 Å². The molecular weight excluding hydrogens is 595 g/mol. The third kappa shape index (κ3) is 4.35. The van der Waals surface area contributed by atoms with Gasteiger partial charge >= 0.3 is 0 Å². The summed E-state index contributed by atoms with van der Waals surface area (Å²) >= 11 is 3.69. The van der Waals surface area contributed by atoms with Crippen molar-refractivity contribution in [1.82, 2.24) is 0 Å². The summed E-state index contributed by atoms with van der Waals surface area (Å²) in [6.07, 6.45) is 0. The van der Waals surface area contributed by atoms with E-state index in [1.54, 1.807) is 0 Å². The molecule has 1 nitrogen and oxygen atoms in total. The molecule has 0 radical (unpaired) electrons. The lowest BCUT2D eigenvalue weighted by atomic mass is 9.86. The van der Waals surface area contributed by atoms with Crippen molar-refractivity contribution in [2.45, 2.75) is 0 Å². The standard InChI is InChI=1S/C43H25NS2/c44-26-31-9-1-2-12-32(31)27-10-7-11-30(23-27)43-33(28-19-21-41-37(24-28)35-13-3-5-17-39(35)45-41)15-8-16-34(43)29-20-22-42-38(25-29)36-14-4-6-18-40(36)46-42/h1-25H. The monoisotopic (exact) mass is 619 g/mol. The summed E-state index contributed by atoms with van der Waals surface area (Å²) in [5.74, 6) is 0. The Hall–Kier alpha value is -5.53. The van der Waals surface area contributed by atoms with Crippen LogP contribution < -0.4 is 0 Å². The number of rotatable bonds is 4. The molecule has 0 atom stereocenters. The second kappa shape index (κ2) is 10.8. The van der Waals surface area contributed by atoms with Crippen LogP contribution in [0, 0.1) is 11.3 Å². The van der Waals surface area contributed by atoms with E-state index in [2.05, 4.69) is 133 Å². The van der Waals surface area contributed by atoms with Gasteiger partial charge in [-0.2, -0.15) is 5.26 Å². The molecule has 0 saturated carbocycles. The van der Waals surface area contributed by atoms with Crippen LogP contribution in [0.15, 0.2) is 152 Å². The zero-order chi connectivity index (χ0) is 30.6. The first kappa shape index (κ1) is 26.8. The molecule has 0 N–H and O–H groups in total. The van der Waals surface area contributed by atoms with Gasteiger partial charge in [0.25, 0.3) is 0 Å². The molecule has 9 aromatic rings. The Bertz CT molecular complexity index is 2530. The first-order chi connectivity index (χ1) is 22.7. The average Bonchev–Trinajstić information content (AvgIpc) is 3.69. The van der Waals surface area contributed by atoms with Crippen LogP contribution in [-0.4, -0.2) is 0 Å². The van der Waals surface area contributed by atoms with Crippen LogP contribution in [0.25, 0.3) is 84.9 Å². The van der Waals surface area contributed by atoms with Gasteiger partial charge in [0, 0.05) is 40.3 Å². The van der Waals surface area contributed by atoms with Gasteiger partial charge < -0.3 is 0 Å². The molecule has 46 heavy (non-hydrogen) atoms. The Morgan fingerprint density at radius 1 is 0.370 bits per heavy atom. The Balaban J connectivity index is 1.31. The van der Waals surface area contributed by atoms with Crippen LogP contribution in [0.1, 0.15) is 5.56 Å². The predicted octanol–water partition coefficient (Wildman–Crippen LogP) is 13.0. The van der Waals surface area contributed by atoms with Gasteiger partial charge in [0.05, 0.1) is 11.6 Å². The molecule has 2 heterocycles. The van der Waals surface area contributed by atoms with E-state index in [9.17, 15) is 5.26 Å². The van der Waals surface area contributed by atoms with E-state index < -0.39 is 0 Å². The van der Waals surface area contributed by atoms with Crippen LogP contribution in [0.3, 0.4) is 0 Å². The maximum Gasteiger partial charge on any atom is 0.0998 e. The molecule has 0 saturated heterocycles. The average molecular weight is 620 g/mol. The molecule has 0 aliphatic rings. The third-order valence-electron chi connectivity index (χ3n) is 8.95. The fourth-order valence-electron chi connectivity index (χ4n) is 6.81. The Kier molecular flexibility index (Phi) is 6.31. The molecule has 9 rings (SSSR count). The van der Waals surface area contributed by atoms with Crippen molar-refractivity contribution in [3.8, 4) is 50.6 Å². The van der Waals surface area contributed by atoms with E-state index in [0.29, 0.717) is 5.56 Å². The molecule has 0 unspecified atom stereocenters. The largest absolute Gasteiger partial charge is 0.192 e. The van der Waals surface area contributed by atoms with Crippen LogP contribution in [0.4, 0.5) is 0 Å². The SMILES string of the molecule is N#Cc1ccccc1-c1cccc(-c2c(-c3ccc4sc5ccccc5c4c3)cccc2-c2ccc3sc4ccccc4c3c2)c1. The fraction of sp³-hybridized carbons (Fsp3) is 0. The van der Waals surface area contributed by atoms with Gasteiger partial charge in [-0.3, -0.25) is 0 Å². The molecule has 2 aromatic heterocycles. The first-order valence-corrected chi connectivity index (χ1v) is 16.9. The Morgan fingerprint density at radius 3 is 1.48 bits per heavy atom. The van der Waals surface area contributed by atoms with Crippen LogP contribution in [0.5, 0.6) is 0 Å². The minimum absolute atomic E-state index is 0.678. The molecule has 7 aromatic carbocycles. The number of thiophene rings is 2. The summed E-state index contributed by atoms with van der Waals surface area (Å²) in [5, 5.41) is 15.1. The summed E-state index contributed by atoms with van der Waals surface area (Å²) in [7, 11) is 0. The molecule has 0 amide bonds. The van der Waals surface area contributed by atoms with E-state index in [1.807, 2.05) is 46.9 Å². The lowest BCUT2D eigenvalue weighted by Crippen LogP contribution is -1.92. The predicted molar refractivity (Wildman–Crippen MR) is 199 cm³/mol. The summed E-state index contributed by atoms with van der Waals surface area (Å²) in [6.45, 7) is 0. The quantitative estimate of drug-likeness (QED) is 0.192. The summed E-state index contributed by atoms with van der Waals surface area (Å²) < 4.78 is 5.22. The maximum atomic E-state index is 9.89. The van der Waals surface area contributed by atoms with E-state index in [1.165, 1.54) is 68.2 Å². The Morgan fingerprint density at radius 2 is 0.848 bits per heavy atom. The number of nitrogens with zero attached hydrogens (tertiary/aromatic N) is 1. The molecule has 0 aliphatic heterocycles. The van der Waals surface area contributed by atoms with Gasteiger partial charge in [0.2, 0.25) is 0 Å². The number of nitriles is 1. The van der Waals surface area contributed by atoms with Crippen molar-refractivity contribution < 1.29 is 0 Å². The van der Waals surface area contributed by atoms with Gasteiger partial charge in [-0.05, 0) is 93.0 Å². The number of hydrogen-bond donors (Lipinski definition) is 0. The third-order valence-corrected chi connectivity index (χ3v) is 11.3. The summed E-state index contributed by atoms with van der Waals surface area (Å²) in [5.41, 5.74) is 9.75. The summed E-state index contributed by atoms with van der Waals surface area (Å²) in [4.78, 5) is 0. The number of benzene rings is 7. The highest BCUT2D eigenvalue weighted by Crippen LogP contribution is 2.45. The minimum Gasteiger partial charge on any atom is -0.192 e. The second-order valence-electron chi connectivity index (χ2n) is 11.6. The molecule has 3 heteroatoms. The molecule has 0 bridgehead atoms. The first-order valence-electron chi connectivity index (χ1n) is 15.3. The van der Waals surface area contributed by atoms with Crippen LogP contribution >= 0.6 is 22.7 Å². The zero-order valence-corrected chi connectivity index (χ0v) is 26.3. The lowest BCUT2D eigenvalue weighted by molar-refractivity contribution is 1.48. The number of hydrogen-bond acceptors (Lipinski definition) is 3. The topological polar surface area (TPSA) is 23.8 Å². The highest BCUT2D eigenvalue weighted by atomic mass is 32.1. The van der Waals surface area contributed by atoms with E-state index in [-0.39, 0.29) is 0 Å². The second-order valence-corrected chi connectivity index (χ2v) is 13.8. The Labute approximate surface area is 274 Å². The normalized spacial score (nSPS) is 11.5.